The Balaban J connectivity index is 2.66. The summed E-state index contributed by atoms with van der Waals surface area (Å²) in [6.07, 6.45) is 0. The van der Waals surface area contributed by atoms with E-state index in [1.54, 1.807) is 13.8 Å². The zero-order valence-corrected chi connectivity index (χ0v) is 7.00. The molecule has 0 aromatic rings. The van der Waals surface area contributed by atoms with Gasteiger partial charge in [-0.25, -0.2) is 8.78 Å². The molecule has 0 bridgehead atoms. The van der Waals surface area contributed by atoms with Crippen LogP contribution in [-0.2, 0) is 0 Å². The molecule has 0 aromatic carbocycles. The first-order valence-corrected chi connectivity index (χ1v) is 4.00. The van der Waals surface area contributed by atoms with Crippen molar-refractivity contribution in [2.45, 2.75) is 19.8 Å². The van der Waals surface area contributed by atoms with E-state index in [4.69, 9.17) is 0 Å². The third kappa shape index (κ3) is 0.736. The van der Waals surface area contributed by atoms with Crippen molar-refractivity contribution >= 4 is 15.9 Å². The van der Waals surface area contributed by atoms with Crippen LogP contribution >= 0.6 is 15.9 Å². The van der Waals surface area contributed by atoms with E-state index in [0.717, 1.165) is 0 Å². The molecule has 0 unspecified atom stereocenters. The van der Waals surface area contributed by atoms with Crippen LogP contribution < -0.4 is 0 Å². The van der Waals surface area contributed by atoms with Gasteiger partial charge in [0.25, 0.3) is 5.92 Å². The molecule has 3 heteroatoms. The van der Waals surface area contributed by atoms with E-state index < -0.39 is 17.3 Å². The third-order valence-corrected chi connectivity index (χ3v) is 2.89. The van der Waals surface area contributed by atoms with Crippen molar-refractivity contribution in [1.82, 2.24) is 0 Å². The zero-order chi connectivity index (χ0) is 7.28. The summed E-state index contributed by atoms with van der Waals surface area (Å²) in [6.45, 7) is 3.19. The molecular weight excluding hydrogens is 190 g/mol. The van der Waals surface area contributed by atoms with Crippen LogP contribution in [0.3, 0.4) is 0 Å². The molecule has 0 saturated heterocycles. The van der Waals surface area contributed by atoms with Gasteiger partial charge in [-0.1, -0.05) is 29.8 Å². The van der Waals surface area contributed by atoms with Gasteiger partial charge in [0.05, 0.1) is 0 Å². The Kier molecular flexibility index (Phi) is 1.39. The van der Waals surface area contributed by atoms with Crippen LogP contribution in [0.2, 0.25) is 0 Å². The largest absolute Gasteiger partial charge is 0.257 e. The summed E-state index contributed by atoms with van der Waals surface area (Å²) >= 11 is 3.05. The number of alkyl halides is 3. The molecule has 0 aliphatic heterocycles. The number of hydrogen-bond acceptors (Lipinski definition) is 0. The highest BCUT2D eigenvalue weighted by molar-refractivity contribution is 9.09. The normalized spacial score (nSPS) is 36.3. The highest BCUT2D eigenvalue weighted by Gasteiger charge is 2.74. The average Bonchev–Trinajstić information content (AvgIpc) is 2.00. The van der Waals surface area contributed by atoms with Crippen molar-refractivity contribution in [3.63, 3.8) is 0 Å². The number of hydrogen-bond donors (Lipinski definition) is 0. The second-order valence-corrected chi connectivity index (χ2v) is 3.70. The predicted molar refractivity (Wildman–Crippen MR) is 36.0 cm³/mol. The predicted octanol–water partition coefficient (Wildman–Crippen LogP) is 2.67. The fourth-order valence-corrected chi connectivity index (χ4v) is 2.26. The minimum absolute atomic E-state index is 0.410. The number of halogens is 3. The van der Waals surface area contributed by atoms with Crippen molar-refractivity contribution in [2.75, 3.05) is 5.33 Å². The lowest BCUT2D eigenvalue weighted by Gasteiger charge is -1.96. The van der Waals surface area contributed by atoms with Gasteiger partial charge in [-0.3, -0.25) is 0 Å². The zero-order valence-electron chi connectivity index (χ0n) is 5.42. The fourth-order valence-electron chi connectivity index (χ4n) is 1.05. The summed E-state index contributed by atoms with van der Waals surface area (Å²) in [5.41, 5.74) is -0.767. The SMILES string of the molecule is CC1(C)[C@H](CBr)C1(F)F. The van der Waals surface area contributed by atoms with Gasteiger partial charge in [0, 0.05) is 16.7 Å². The van der Waals surface area contributed by atoms with E-state index in [9.17, 15) is 8.78 Å². The van der Waals surface area contributed by atoms with Crippen molar-refractivity contribution in [1.29, 1.82) is 0 Å². The lowest BCUT2D eigenvalue weighted by Crippen LogP contribution is -1.99. The maximum Gasteiger partial charge on any atom is 0.257 e. The second-order valence-electron chi connectivity index (χ2n) is 3.05. The summed E-state index contributed by atoms with van der Waals surface area (Å²) in [7, 11) is 0. The van der Waals surface area contributed by atoms with Crippen LogP contribution in [0.1, 0.15) is 13.8 Å². The van der Waals surface area contributed by atoms with Crippen LogP contribution in [0.15, 0.2) is 0 Å². The second kappa shape index (κ2) is 1.68. The topological polar surface area (TPSA) is 0 Å². The maximum atomic E-state index is 12.5. The molecule has 0 nitrogen and oxygen atoms in total. The van der Waals surface area contributed by atoms with Gasteiger partial charge in [0.15, 0.2) is 0 Å². The van der Waals surface area contributed by atoms with E-state index in [-0.39, 0.29) is 0 Å². The molecule has 0 amide bonds. The summed E-state index contributed by atoms with van der Waals surface area (Å²) in [5.74, 6) is -2.89. The molecule has 54 valence electrons. The lowest BCUT2D eigenvalue weighted by molar-refractivity contribution is 0.0687. The summed E-state index contributed by atoms with van der Waals surface area (Å²) in [6, 6.07) is 0. The van der Waals surface area contributed by atoms with Gasteiger partial charge in [0.1, 0.15) is 0 Å². The van der Waals surface area contributed by atoms with Gasteiger partial charge in [-0.15, -0.1) is 0 Å². The van der Waals surface area contributed by atoms with Gasteiger partial charge in [0.2, 0.25) is 0 Å². The highest BCUT2D eigenvalue weighted by atomic mass is 79.9. The van der Waals surface area contributed by atoms with Gasteiger partial charge in [-0.2, -0.15) is 0 Å². The Bertz CT molecular complexity index is 117. The molecule has 1 saturated carbocycles. The quantitative estimate of drug-likeness (QED) is 0.569. The first-order valence-electron chi connectivity index (χ1n) is 2.88. The van der Waals surface area contributed by atoms with Gasteiger partial charge in [-0.05, 0) is 0 Å². The van der Waals surface area contributed by atoms with E-state index in [0.29, 0.717) is 5.33 Å². The molecule has 0 N–H and O–H groups in total. The Morgan fingerprint density at radius 1 is 1.44 bits per heavy atom. The molecule has 1 aliphatic rings. The molecule has 1 atom stereocenters. The molecule has 0 heterocycles. The van der Waals surface area contributed by atoms with E-state index in [1.165, 1.54) is 0 Å². The van der Waals surface area contributed by atoms with E-state index in [1.807, 2.05) is 0 Å². The molecule has 0 spiro atoms. The average molecular weight is 199 g/mol. The van der Waals surface area contributed by atoms with E-state index >= 15 is 0 Å². The molecule has 0 aromatic heterocycles. The molecule has 1 fully saturated rings. The van der Waals surface area contributed by atoms with Crippen LogP contribution in [0.25, 0.3) is 0 Å². The Labute approximate surface area is 61.8 Å². The number of rotatable bonds is 1. The third-order valence-electron chi connectivity index (χ3n) is 2.24. The standard InChI is InChI=1S/C6H9BrF2/c1-5(2)4(3-7)6(5,8)9/h4H,3H2,1-2H3/t4-/m0/s1. The molecule has 1 aliphatic carbocycles. The summed E-state index contributed by atoms with van der Waals surface area (Å²) in [4.78, 5) is 0. The molecule has 9 heavy (non-hydrogen) atoms. The minimum Gasteiger partial charge on any atom is -0.206 e. The lowest BCUT2D eigenvalue weighted by atomic mass is 10.1. The molecule has 1 rings (SSSR count). The fraction of sp³-hybridized carbons (Fsp3) is 1.00. The smallest absolute Gasteiger partial charge is 0.206 e. The van der Waals surface area contributed by atoms with Crippen LogP contribution in [0.5, 0.6) is 0 Å². The monoisotopic (exact) mass is 198 g/mol. The highest BCUT2D eigenvalue weighted by Crippen LogP contribution is 2.65. The first kappa shape index (κ1) is 7.45. The minimum atomic E-state index is -2.43. The van der Waals surface area contributed by atoms with Gasteiger partial charge < -0.3 is 0 Å². The summed E-state index contributed by atoms with van der Waals surface area (Å²) in [5, 5.41) is 0.410. The maximum absolute atomic E-state index is 12.5. The van der Waals surface area contributed by atoms with Crippen LogP contribution in [0.4, 0.5) is 8.78 Å². The van der Waals surface area contributed by atoms with Crippen LogP contribution in [0, 0.1) is 11.3 Å². The van der Waals surface area contributed by atoms with Gasteiger partial charge >= 0.3 is 0 Å². The molecular formula is C6H9BrF2. The Hall–Kier alpha value is 0.340. The van der Waals surface area contributed by atoms with Crippen molar-refractivity contribution < 1.29 is 8.78 Å². The van der Waals surface area contributed by atoms with Crippen molar-refractivity contribution in [3.05, 3.63) is 0 Å². The Morgan fingerprint density at radius 2 is 1.78 bits per heavy atom. The van der Waals surface area contributed by atoms with Crippen molar-refractivity contribution in [2.24, 2.45) is 11.3 Å². The van der Waals surface area contributed by atoms with Crippen LogP contribution in [-0.4, -0.2) is 11.3 Å². The molecule has 0 radical (unpaired) electrons. The Morgan fingerprint density at radius 3 is 1.78 bits per heavy atom. The first-order chi connectivity index (χ1) is 3.94. The summed E-state index contributed by atoms with van der Waals surface area (Å²) < 4.78 is 25.1. The van der Waals surface area contributed by atoms with Crippen molar-refractivity contribution in [3.8, 4) is 0 Å². The van der Waals surface area contributed by atoms with E-state index in [2.05, 4.69) is 15.9 Å².